The molecule has 0 bridgehead atoms. The summed E-state index contributed by atoms with van der Waals surface area (Å²) in [6.07, 6.45) is 4.57. The molecule has 1 unspecified atom stereocenters. The molecule has 1 atom stereocenters. The van der Waals surface area contributed by atoms with E-state index in [-0.39, 0.29) is 18.3 Å². The minimum atomic E-state index is 0. The van der Waals surface area contributed by atoms with Gasteiger partial charge in [0, 0.05) is 25.0 Å². The number of likely N-dealkylation sites (tertiary alicyclic amines) is 1. The molecule has 1 aliphatic carbocycles. The number of halogens is 2. The van der Waals surface area contributed by atoms with Crippen LogP contribution in [0.5, 0.6) is 0 Å². The molecule has 112 valence electrons. The van der Waals surface area contributed by atoms with Gasteiger partial charge in [0.2, 0.25) is 0 Å². The van der Waals surface area contributed by atoms with Gasteiger partial charge in [-0.15, -0.1) is 12.4 Å². The fraction of sp³-hybridized carbons (Fsp3) is 0.692. The largest absolute Gasteiger partial charge is 0.336 e. The number of nitrogens with one attached hydrogen (secondary N) is 2. The highest BCUT2D eigenvalue weighted by molar-refractivity contribution is 9.10. The fourth-order valence-electron chi connectivity index (χ4n) is 2.67. The van der Waals surface area contributed by atoms with E-state index in [2.05, 4.69) is 31.4 Å². The van der Waals surface area contributed by atoms with Crippen LogP contribution in [-0.4, -0.2) is 47.2 Å². The van der Waals surface area contributed by atoms with Gasteiger partial charge >= 0.3 is 0 Å². The summed E-state index contributed by atoms with van der Waals surface area (Å²) in [7, 11) is 1.95. The molecule has 5 nitrogen and oxygen atoms in total. The summed E-state index contributed by atoms with van der Waals surface area (Å²) in [6.45, 7) is 1.60. The average Bonchev–Trinajstić information content (AvgIpc) is 3.21. The third-order valence-electron chi connectivity index (χ3n) is 4.04. The van der Waals surface area contributed by atoms with Gasteiger partial charge in [-0.25, -0.2) is 0 Å². The highest BCUT2D eigenvalue weighted by Gasteiger charge is 2.32. The molecule has 0 aromatic carbocycles. The van der Waals surface area contributed by atoms with Crippen molar-refractivity contribution in [3.63, 3.8) is 0 Å². The van der Waals surface area contributed by atoms with E-state index in [9.17, 15) is 4.79 Å². The predicted octanol–water partition coefficient (Wildman–Crippen LogP) is 2.30. The summed E-state index contributed by atoms with van der Waals surface area (Å²) in [4.78, 5) is 14.4. The molecule has 1 aromatic heterocycles. The molecule has 2 heterocycles. The van der Waals surface area contributed by atoms with E-state index in [0.717, 1.165) is 36.1 Å². The molecule has 1 saturated carbocycles. The Morgan fingerprint density at radius 1 is 1.45 bits per heavy atom. The van der Waals surface area contributed by atoms with Gasteiger partial charge in [0.15, 0.2) is 5.69 Å². The number of aromatic amines is 1. The molecule has 0 radical (unpaired) electrons. The molecule has 3 rings (SSSR count). The number of nitrogens with zero attached hydrogens (tertiary/aromatic N) is 2. The van der Waals surface area contributed by atoms with E-state index in [1.807, 2.05) is 11.9 Å². The standard InChI is InChI=1S/C13H19BrN4O.ClH/c1-15-9-3-2-6-18(7-9)13(19)12-10(14)11(16-17-12)8-4-5-8;/h8-9,15H,2-7H2,1H3,(H,16,17);1H. The normalized spacial score (nSPS) is 22.5. The highest BCUT2D eigenvalue weighted by atomic mass is 79.9. The second-order valence-electron chi connectivity index (χ2n) is 5.45. The van der Waals surface area contributed by atoms with Crippen LogP contribution in [0.1, 0.15) is 47.8 Å². The van der Waals surface area contributed by atoms with Crippen LogP contribution in [-0.2, 0) is 0 Å². The van der Waals surface area contributed by atoms with Crippen molar-refractivity contribution in [3.8, 4) is 0 Å². The van der Waals surface area contributed by atoms with Crippen molar-refractivity contribution in [2.45, 2.75) is 37.6 Å². The SMILES string of the molecule is CNC1CCCN(C(=O)c2n[nH]c(C3CC3)c2Br)C1.Cl. The average molecular weight is 364 g/mol. The molecule has 0 spiro atoms. The fourth-order valence-corrected chi connectivity index (χ4v) is 3.34. The van der Waals surface area contributed by atoms with Crippen molar-refractivity contribution in [1.29, 1.82) is 0 Å². The van der Waals surface area contributed by atoms with Gasteiger partial charge in [-0.3, -0.25) is 9.89 Å². The van der Waals surface area contributed by atoms with Crippen molar-refractivity contribution >= 4 is 34.2 Å². The Morgan fingerprint density at radius 3 is 2.85 bits per heavy atom. The summed E-state index contributed by atoms with van der Waals surface area (Å²) >= 11 is 3.53. The number of aromatic nitrogens is 2. The smallest absolute Gasteiger partial charge is 0.275 e. The van der Waals surface area contributed by atoms with Gasteiger partial charge < -0.3 is 10.2 Å². The summed E-state index contributed by atoms with van der Waals surface area (Å²) in [5, 5.41) is 10.5. The van der Waals surface area contributed by atoms with Gasteiger partial charge in [0.25, 0.3) is 5.91 Å². The molecule has 1 aromatic rings. The molecule has 7 heteroatoms. The second kappa shape index (κ2) is 6.45. The molecule has 2 N–H and O–H groups in total. The first kappa shape index (κ1) is 15.8. The molecule has 1 saturated heterocycles. The van der Waals surface area contributed by atoms with Crippen molar-refractivity contribution in [2.75, 3.05) is 20.1 Å². The first-order valence-electron chi connectivity index (χ1n) is 6.91. The van der Waals surface area contributed by atoms with Crippen LogP contribution in [0.15, 0.2) is 4.47 Å². The Kier molecular flexibility index (Phi) is 5.09. The summed E-state index contributed by atoms with van der Waals surface area (Å²) in [5.74, 6) is 0.602. The number of carbonyl (C=O) groups excluding carboxylic acids is 1. The van der Waals surface area contributed by atoms with E-state index in [0.29, 0.717) is 17.7 Å². The third-order valence-corrected chi connectivity index (χ3v) is 4.84. The minimum Gasteiger partial charge on any atom is -0.336 e. The maximum absolute atomic E-state index is 12.5. The minimum absolute atomic E-state index is 0. The lowest BCUT2D eigenvalue weighted by atomic mass is 10.1. The second-order valence-corrected chi connectivity index (χ2v) is 6.25. The van der Waals surface area contributed by atoms with E-state index in [1.54, 1.807) is 0 Å². The number of likely N-dealkylation sites (N-methyl/N-ethyl adjacent to an activating group) is 1. The zero-order valence-corrected chi connectivity index (χ0v) is 13.9. The maximum atomic E-state index is 12.5. The third kappa shape index (κ3) is 3.02. The number of hydrogen-bond acceptors (Lipinski definition) is 3. The number of amides is 1. The number of hydrogen-bond donors (Lipinski definition) is 2. The molecule has 2 fully saturated rings. The van der Waals surface area contributed by atoms with Crippen LogP contribution in [0.2, 0.25) is 0 Å². The molecule has 2 aliphatic rings. The van der Waals surface area contributed by atoms with Crippen LogP contribution in [0.25, 0.3) is 0 Å². The first-order valence-corrected chi connectivity index (χ1v) is 7.70. The van der Waals surface area contributed by atoms with E-state index >= 15 is 0 Å². The van der Waals surface area contributed by atoms with Crippen molar-refractivity contribution in [1.82, 2.24) is 20.4 Å². The Hall–Kier alpha value is -0.590. The van der Waals surface area contributed by atoms with Gasteiger partial charge in [-0.1, -0.05) is 0 Å². The lowest BCUT2D eigenvalue weighted by Crippen LogP contribution is -2.47. The summed E-state index contributed by atoms with van der Waals surface area (Å²) in [6, 6.07) is 0.401. The van der Waals surface area contributed by atoms with Crippen LogP contribution in [0.4, 0.5) is 0 Å². The van der Waals surface area contributed by atoms with E-state index in [1.165, 1.54) is 12.8 Å². The van der Waals surface area contributed by atoms with E-state index < -0.39 is 0 Å². The first-order chi connectivity index (χ1) is 9.20. The summed E-state index contributed by atoms with van der Waals surface area (Å²) in [5.41, 5.74) is 1.63. The van der Waals surface area contributed by atoms with Gasteiger partial charge in [0.1, 0.15) is 0 Å². The van der Waals surface area contributed by atoms with Crippen LogP contribution >= 0.6 is 28.3 Å². The van der Waals surface area contributed by atoms with Gasteiger partial charge in [-0.2, -0.15) is 5.10 Å². The zero-order chi connectivity index (χ0) is 13.4. The monoisotopic (exact) mass is 362 g/mol. The predicted molar refractivity (Wildman–Crippen MR) is 83.5 cm³/mol. The van der Waals surface area contributed by atoms with Crippen LogP contribution < -0.4 is 5.32 Å². The molecular weight excluding hydrogens is 344 g/mol. The highest BCUT2D eigenvalue weighted by Crippen LogP contribution is 2.43. The van der Waals surface area contributed by atoms with E-state index in [4.69, 9.17) is 0 Å². The summed E-state index contributed by atoms with van der Waals surface area (Å²) < 4.78 is 0.867. The molecule has 1 aliphatic heterocycles. The number of H-pyrrole nitrogens is 1. The molecule has 1 amide bonds. The van der Waals surface area contributed by atoms with Gasteiger partial charge in [0.05, 0.1) is 10.2 Å². The topological polar surface area (TPSA) is 61.0 Å². The zero-order valence-electron chi connectivity index (χ0n) is 11.5. The Labute approximate surface area is 133 Å². The van der Waals surface area contributed by atoms with Crippen LogP contribution in [0, 0.1) is 0 Å². The van der Waals surface area contributed by atoms with Crippen molar-refractivity contribution < 1.29 is 4.79 Å². The Morgan fingerprint density at radius 2 is 2.20 bits per heavy atom. The lowest BCUT2D eigenvalue weighted by molar-refractivity contribution is 0.0691. The lowest BCUT2D eigenvalue weighted by Gasteiger charge is -2.32. The number of rotatable bonds is 3. The molecular formula is C13H20BrClN4O. The number of piperidine rings is 1. The number of carbonyl (C=O) groups is 1. The van der Waals surface area contributed by atoms with Crippen LogP contribution in [0.3, 0.4) is 0 Å². The Balaban J connectivity index is 0.00000147. The van der Waals surface area contributed by atoms with Gasteiger partial charge in [-0.05, 0) is 48.7 Å². The molecule has 20 heavy (non-hydrogen) atoms. The quantitative estimate of drug-likeness (QED) is 0.866. The Bertz CT molecular complexity index is 489. The maximum Gasteiger partial charge on any atom is 0.275 e. The van der Waals surface area contributed by atoms with Crippen molar-refractivity contribution in [2.24, 2.45) is 0 Å². The van der Waals surface area contributed by atoms with Crippen molar-refractivity contribution in [3.05, 3.63) is 15.9 Å².